The van der Waals surface area contributed by atoms with E-state index in [1.54, 1.807) is 6.92 Å². The first-order chi connectivity index (χ1) is 6.58. The smallest absolute Gasteiger partial charge is 0.220 e. The Hall–Kier alpha value is -1.42. The van der Waals surface area contributed by atoms with Crippen molar-refractivity contribution >= 4 is 28.5 Å². The molecule has 0 aliphatic rings. The van der Waals surface area contributed by atoms with Gasteiger partial charge in [-0.1, -0.05) is 11.6 Å². The van der Waals surface area contributed by atoms with Crippen molar-refractivity contribution in [2.24, 2.45) is 0 Å². The Balaban J connectivity index is 2.89. The lowest BCUT2D eigenvalue weighted by molar-refractivity contribution is 0.630. The van der Waals surface area contributed by atoms with E-state index in [1.165, 1.54) is 12.1 Å². The highest BCUT2D eigenvalue weighted by atomic mass is 35.5. The van der Waals surface area contributed by atoms with Gasteiger partial charge in [0, 0.05) is 5.39 Å². The van der Waals surface area contributed by atoms with E-state index in [-0.39, 0.29) is 11.0 Å². The molecular weight excluding hydrogens is 205 g/mol. The van der Waals surface area contributed by atoms with Crippen molar-refractivity contribution < 1.29 is 4.39 Å². The van der Waals surface area contributed by atoms with Crippen LogP contribution in [0, 0.1) is 12.7 Å². The van der Waals surface area contributed by atoms with E-state index in [9.17, 15) is 4.39 Å². The molecule has 5 heteroatoms. The Bertz CT molecular complexity index is 513. The number of nitrogens with zero attached hydrogens (tertiary/aromatic N) is 2. The number of benzene rings is 1. The first kappa shape index (κ1) is 9.15. The Labute approximate surface area is 84.7 Å². The van der Waals surface area contributed by atoms with Crippen LogP contribution in [0.15, 0.2) is 12.1 Å². The van der Waals surface area contributed by atoms with Crippen LogP contribution in [0.3, 0.4) is 0 Å². The number of nitrogen functional groups attached to an aromatic ring is 1. The van der Waals surface area contributed by atoms with Gasteiger partial charge in [0.15, 0.2) is 0 Å². The van der Waals surface area contributed by atoms with Crippen molar-refractivity contribution in [3.8, 4) is 0 Å². The van der Waals surface area contributed by atoms with Gasteiger partial charge < -0.3 is 5.73 Å². The molecular formula is C9H7ClFN3. The summed E-state index contributed by atoms with van der Waals surface area (Å²) >= 11 is 5.62. The van der Waals surface area contributed by atoms with E-state index < -0.39 is 5.82 Å². The fourth-order valence-corrected chi connectivity index (χ4v) is 1.46. The standard InChI is InChI=1S/C9H7ClFN3/c1-4-5-2-7(11)6(10)3-8(5)14-9(12)13-4/h2-3H,1H3,(H2,12,13,14). The summed E-state index contributed by atoms with van der Waals surface area (Å²) in [7, 11) is 0. The van der Waals surface area contributed by atoms with Gasteiger partial charge in [-0.2, -0.15) is 0 Å². The first-order valence-electron chi connectivity index (χ1n) is 3.97. The summed E-state index contributed by atoms with van der Waals surface area (Å²) in [5, 5.41) is 0.663. The Morgan fingerprint density at radius 1 is 1.36 bits per heavy atom. The molecule has 2 N–H and O–H groups in total. The molecule has 1 aromatic heterocycles. The molecule has 2 rings (SSSR count). The minimum Gasteiger partial charge on any atom is -0.368 e. The molecule has 0 aliphatic carbocycles. The molecule has 0 atom stereocenters. The fraction of sp³-hybridized carbons (Fsp3) is 0.111. The molecule has 0 aliphatic heterocycles. The molecule has 3 nitrogen and oxygen atoms in total. The van der Waals surface area contributed by atoms with Crippen LogP contribution in [0.25, 0.3) is 10.9 Å². The molecule has 14 heavy (non-hydrogen) atoms. The van der Waals surface area contributed by atoms with Gasteiger partial charge in [-0.15, -0.1) is 0 Å². The van der Waals surface area contributed by atoms with Crippen LogP contribution in [-0.2, 0) is 0 Å². The van der Waals surface area contributed by atoms with Crippen LogP contribution in [0.5, 0.6) is 0 Å². The minimum absolute atomic E-state index is 0.0370. The molecule has 0 saturated heterocycles. The SMILES string of the molecule is Cc1nc(N)nc2cc(Cl)c(F)cc12. The maximum atomic E-state index is 13.1. The topological polar surface area (TPSA) is 51.8 Å². The van der Waals surface area contributed by atoms with Crippen molar-refractivity contribution in [2.75, 3.05) is 5.73 Å². The molecule has 0 amide bonds. The quantitative estimate of drug-likeness (QED) is 0.728. The molecule has 72 valence electrons. The summed E-state index contributed by atoms with van der Waals surface area (Å²) in [6.45, 7) is 1.74. The van der Waals surface area contributed by atoms with E-state index in [0.717, 1.165) is 0 Å². The zero-order chi connectivity index (χ0) is 10.3. The molecule has 0 fully saturated rings. The van der Waals surface area contributed by atoms with E-state index in [1.807, 2.05) is 0 Å². The maximum absolute atomic E-state index is 13.1. The lowest BCUT2D eigenvalue weighted by atomic mass is 10.2. The van der Waals surface area contributed by atoms with Crippen molar-refractivity contribution in [3.05, 3.63) is 28.7 Å². The van der Waals surface area contributed by atoms with Gasteiger partial charge in [-0.3, -0.25) is 0 Å². The number of hydrogen-bond donors (Lipinski definition) is 1. The fourth-order valence-electron chi connectivity index (χ4n) is 1.30. The molecule has 0 bridgehead atoms. The van der Waals surface area contributed by atoms with Crippen molar-refractivity contribution in [2.45, 2.75) is 6.92 Å². The number of fused-ring (bicyclic) bond motifs is 1. The van der Waals surface area contributed by atoms with E-state index in [2.05, 4.69) is 9.97 Å². The summed E-state index contributed by atoms with van der Waals surface area (Å²) in [5.74, 6) is -0.312. The number of nitrogens with two attached hydrogens (primary N) is 1. The maximum Gasteiger partial charge on any atom is 0.220 e. The highest BCUT2D eigenvalue weighted by Crippen LogP contribution is 2.23. The summed E-state index contributed by atoms with van der Waals surface area (Å²) in [6.07, 6.45) is 0. The van der Waals surface area contributed by atoms with Gasteiger partial charge >= 0.3 is 0 Å². The highest BCUT2D eigenvalue weighted by Gasteiger charge is 2.07. The van der Waals surface area contributed by atoms with Gasteiger partial charge in [0.05, 0.1) is 16.2 Å². The number of halogens is 2. The van der Waals surface area contributed by atoms with E-state index >= 15 is 0 Å². The molecule has 0 spiro atoms. The van der Waals surface area contributed by atoms with Crippen molar-refractivity contribution in [3.63, 3.8) is 0 Å². The average Bonchev–Trinajstić information content (AvgIpc) is 2.08. The Morgan fingerprint density at radius 3 is 2.79 bits per heavy atom. The van der Waals surface area contributed by atoms with Crippen LogP contribution < -0.4 is 5.73 Å². The molecule has 1 aromatic carbocycles. The summed E-state index contributed by atoms with van der Waals surface area (Å²) in [5.41, 5.74) is 6.65. The molecule has 0 radical (unpaired) electrons. The minimum atomic E-state index is -0.476. The largest absolute Gasteiger partial charge is 0.368 e. The van der Waals surface area contributed by atoms with E-state index in [4.69, 9.17) is 17.3 Å². The monoisotopic (exact) mass is 211 g/mol. The second kappa shape index (κ2) is 3.06. The van der Waals surface area contributed by atoms with Crippen LogP contribution in [-0.4, -0.2) is 9.97 Å². The van der Waals surface area contributed by atoms with Crippen LogP contribution >= 0.6 is 11.6 Å². The number of aromatic nitrogens is 2. The average molecular weight is 212 g/mol. The van der Waals surface area contributed by atoms with Gasteiger partial charge in [0.1, 0.15) is 5.82 Å². The van der Waals surface area contributed by atoms with Crippen LogP contribution in [0.4, 0.5) is 10.3 Å². The third-order valence-corrected chi connectivity index (χ3v) is 2.24. The van der Waals surface area contributed by atoms with Crippen LogP contribution in [0.1, 0.15) is 5.69 Å². The lowest BCUT2D eigenvalue weighted by Gasteiger charge is -2.03. The molecule has 1 heterocycles. The second-order valence-corrected chi connectivity index (χ2v) is 3.36. The number of anilines is 1. The number of aryl methyl sites for hydroxylation is 1. The zero-order valence-corrected chi connectivity index (χ0v) is 8.14. The predicted octanol–water partition coefficient (Wildman–Crippen LogP) is 2.31. The third-order valence-electron chi connectivity index (χ3n) is 1.95. The normalized spacial score (nSPS) is 10.8. The Morgan fingerprint density at radius 2 is 2.07 bits per heavy atom. The molecule has 0 saturated carbocycles. The number of hydrogen-bond acceptors (Lipinski definition) is 3. The third kappa shape index (κ3) is 1.37. The molecule has 2 aromatic rings. The van der Waals surface area contributed by atoms with Crippen molar-refractivity contribution in [1.82, 2.24) is 9.97 Å². The second-order valence-electron chi connectivity index (χ2n) is 2.95. The summed E-state index contributed by atoms with van der Waals surface area (Å²) < 4.78 is 13.1. The predicted molar refractivity (Wildman–Crippen MR) is 53.7 cm³/mol. The van der Waals surface area contributed by atoms with Crippen molar-refractivity contribution in [1.29, 1.82) is 0 Å². The van der Waals surface area contributed by atoms with Crippen LogP contribution in [0.2, 0.25) is 5.02 Å². The number of rotatable bonds is 0. The van der Waals surface area contributed by atoms with Gasteiger partial charge in [-0.25, -0.2) is 14.4 Å². The first-order valence-corrected chi connectivity index (χ1v) is 4.34. The zero-order valence-electron chi connectivity index (χ0n) is 7.38. The molecule has 0 unspecified atom stereocenters. The Kier molecular flexibility index (Phi) is 2.00. The highest BCUT2D eigenvalue weighted by molar-refractivity contribution is 6.31. The van der Waals surface area contributed by atoms with Gasteiger partial charge in [0.2, 0.25) is 5.95 Å². The van der Waals surface area contributed by atoms with Gasteiger partial charge in [-0.05, 0) is 19.1 Å². The summed E-state index contributed by atoms with van der Waals surface area (Å²) in [6, 6.07) is 2.75. The summed E-state index contributed by atoms with van der Waals surface area (Å²) in [4.78, 5) is 7.88. The lowest BCUT2D eigenvalue weighted by Crippen LogP contribution is -1.98. The van der Waals surface area contributed by atoms with E-state index in [0.29, 0.717) is 16.6 Å². The van der Waals surface area contributed by atoms with Gasteiger partial charge in [0.25, 0.3) is 0 Å².